The second-order valence-corrected chi connectivity index (χ2v) is 10.3. The van der Waals surface area contributed by atoms with Crippen LogP contribution in [0.1, 0.15) is 60.3 Å². The maximum absolute atomic E-state index is 5.44. The molecule has 0 spiro atoms. The van der Waals surface area contributed by atoms with Crippen LogP contribution in [0.2, 0.25) is 0 Å². The lowest BCUT2D eigenvalue weighted by molar-refractivity contribution is 0.359. The van der Waals surface area contributed by atoms with Crippen molar-refractivity contribution in [2.24, 2.45) is 4.74 Å². The van der Waals surface area contributed by atoms with Crippen LogP contribution in [0.15, 0.2) is 4.74 Å². The summed E-state index contributed by atoms with van der Waals surface area (Å²) in [7, 11) is 2.81. The Kier molecular flexibility index (Phi) is 7.39. The van der Waals surface area contributed by atoms with Crippen LogP contribution in [0.5, 0.6) is 0 Å². The van der Waals surface area contributed by atoms with Crippen LogP contribution in [-0.2, 0) is 0 Å². The van der Waals surface area contributed by atoms with Gasteiger partial charge in [-0.3, -0.25) is 4.74 Å². The Morgan fingerprint density at radius 3 is 1.67 bits per heavy atom. The highest BCUT2D eigenvalue weighted by molar-refractivity contribution is 7.59. The first-order chi connectivity index (χ1) is 9.78. The van der Waals surface area contributed by atoms with Crippen LogP contribution in [0.4, 0.5) is 0 Å². The molecule has 0 aliphatic carbocycles. The minimum atomic E-state index is -1.78. The summed E-state index contributed by atoms with van der Waals surface area (Å²) in [6, 6.07) is 0. The fraction of sp³-hybridized carbons (Fsp3) is 1.00. The lowest BCUT2D eigenvalue weighted by atomic mass is 10.1. The van der Waals surface area contributed by atoms with Gasteiger partial charge in [-0.25, -0.2) is 14.0 Å². The minimum Gasteiger partial charge on any atom is -0.255 e. The number of hydrogen-bond donors (Lipinski definition) is 0. The summed E-state index contributed by atoms with van der Waals surface area (Å²) in [6.45, 7) is 15.7. The van der Waals surface area contributed by atoms with Crippen LogP contribution < -0.4 is 0 Å². The van der Waals surface area contributed by atoms with Gasteiger partial charge >= 0.3 is 0 Å². The van der Waals surface area contributed by atoms with Gasteiger partial charge in [-0.2, -0.15) is 0 Å². The lowest BCUT2D eigenvalue weighted by Gasteiger charge is -2.47. The Labute approximate surface area is 133 Å². The number of nitrogens with zero attached hydrogens (tertiary/aromatic N) is 4. The highest BCUT2D eigenvalue weighted by Crippen LogP contribution is 2.59. The number of hydrogen-bond acceptors (Lipinski definition) is 1. The molecule has 0 atom stereocenters. The van der Waals surface area contributed by atoms with Crippen LogP contribution in [0, 0.1) is 0 Å². The predicted octanol–water partition coefficient (Wildman–Crippen LogP) is 4.51. The van der Waals surface area contributed by atoms with Crippen LogP contribution in [0.3, 0.4) is 0 Å². The van der Waals surface area contributed by atoms with Crippen molar-refractivity contribution in [2.75, 3.05) is 40.3 Å². The van der Waals surface area contributed by atoms with Gasteiger partial charge in [-0.1, -0.05) is 26.7 Å². The van der Waals surface area contributed by atoms with Gasteiger partial charge in [-0.05, 0) is 47.7 Å². The van der Waals surface area contributed by atoms with E-state index in [9.17, 15) is 0 Å². The molecule has 126 valence electrons. The monoisotopic (exact) mass is 316 g/mol. The van der Waals surface area contributed by atoms with Crippen molar-refractivity contribution in [3.8, 4) is 0 Å². The predicted molar refractivity (Wildman–Crippen MR) is 95.8 cm³/mol. The molecule has 1 aliphatic rings. The van der Waals surface area contributed by atoms with Gasteiger partial charge in [0.15, 0.2) is 7.51 Å². The Morgan fingerprint density at radius 1 is 0.905 bits per heavy atom. The van der Waals surface area contributed by atoms with E-state index < -0.39 is 7.51 Å². The minimum absolute atomic E-state index is 0.00700. The largest absolute Gasteiger partial charge is 0.255 e. The summed E-state index contributed by atoms with van der Waals surface area (Å²) >= 11 is 0. The zero-order valence-corrected chi connectivity index (χ0v) is 16.3. The van der Waals surface area contributed by atoms with E-state index in [1.807, 2.05) is 0 Å². The second kappa shape index (κ2) is 8.10. The molecule has 0 unspecified atom stereocenters. The normalized spacial score (nSPS) is 22.7. The third kappa shape index (κ3) is 4.79. The summed E-state index contributed by atoms with van der Waals surface area (Å²) in [4.78, 5) is 0. The molecule has 1 fully saturated rings. The molecule has 1 heterocycles. The first-order valence-corrected chi connectivity index (χ1v) is 10.2. The molecule has 5 heteroatoms. The highest BCUT2D eigenvalue weighted by Gasteiger charge is 2.36. The summed E-state index contributed by atoms with van der Waals surface area (Å²) < 4.78 is 13.2. The zero-order valence-electron chi connectivity index (χ0n) is 15.4. The average molecular weight is 316 g/mol. The van der Waals surface area contributed by atoms with Crippen molar-refractivity contribution >= 4 is 7.51 Å². The standard InChI is InChI=1S/C16H37N4P/c1-8-20(9-2)21(17-16(3,4)5)18(6)14-12-10-11-13-15-19(21)7/h8-15H2,1-7H3. The molecule has 0 radical (unpaired) electrons. The molecule has 0 aromatic heterocycles. The maximum Gasteiger partial charge on any atom is 0.167 e. The molecule has 21 heavy (non-hydrogen) atoms. The van der Waals surface area contributed by atoms with E-state index in [1.165, 1.54) is 25.7 Å². The average Bonchev–Trinajstić information content (AvgIpc) is 2.45. The van der Waals surface area contributed by atoms with Crippen molar-refractivity contribution < 1.29 is 0 Å². The van der Waals surface area contributed by atoms with E-state index in [1.54, 1.807) is 0 Å². The first kappa shape index (κ1) is 19.2. The fourth-order valence-corrected chi connectivity index (χ4v) is 7.42. The van der Waals surface area contributed by atoms with Crippen molar-refractivity contribution in [2.45, 2.75) is 65.8 Å². The van der Waals surface area contributed by atoms with Crippen LogP contribution in [-0.4, -0.2) is 59.8 Å². The van der Waals surface area contributed by atoms with Gasteiger partial charge in [0.25, 0.3) is 0 Å². The van der Waals surface area contributed by atoms with E-state index in [4.69, 9.17) is 4.74 Å². The molecule has 0 aromatic rings. The van der Waals surface area contributed by atoms with Gasteiger partial charge in [-0.15, -0.1) is 0 Å². The topological polar surface area (TPSA) is 22.1 Å². The molecule has 4 nitrogen and oxygen atoms in total. The maximum atomic E-state index is 5.44. The van der Waals surface area contributed by atoms with E-state index in [0.717, 1.165) is 26.2 Å². The molecule has 0 amide bonds. The second-order valence-electron chi connectivity index (χ2n) is 7.12. The Hall–Kier alpha value is 0.110. The molecule has 0 bridgehead atoms. The van der Waals surface area contributed by atoms with Crippen LogP contribution >= 0.6 is 7.51 Å². The zero-order chi connectivity index (χ0) is 16.1. The van der Waals surface area contributed by atoms with E-state index in [2.05, 4.69) is 62.7 Å². The van der Waals surface area contributed by atoms with Crippen molar-refractivity contribution in [1.29, 1.82) is 0 Å². The van der Waals surface area contributed by atoms with E-state index in [-0.39, 0.29) is 5.54 Å². The van der Waals surface area contributed by atoms with Gasteiger partial charge in [0.2, 0.25) is 0 Å². The lowest BCUT2D eigenvalue weighted by Crippen LogP contribution is -2.39. The summed E-state index contributed by atoms with van der Waals surface area (Å²) in [5.41, 5.74) is -0.00700. The third-order valence-electron chi connectivity index (χ3n) is 4.17. The molecule has 0 aromatic carbocycles. The van der Waals surface area contributed by atoms with Crippen molar-refractivity contribution in [1.82, 2.24) is 14.0 Å². The molecule has 1 rings (SSSR count). The SMILES string of the molecule is CCN(CC)P1(=NC(C)(C)C)N(C)CCCCCCN1C. The quantitative estimate of drug-likeness (QED) is 0.715. The van der Waals surface area contributed by atoms with Crippen molar-refractivity contribution in [3.63, 3.8) is 0 Å². The summed E-state index contributed by atoms with van der Waals surface area (Å²) in [5, 5.41) is 0. The Bertz CT molecular complexity index is 340. The van der Waals surface area contributed by atoms with Crippen molar-refractivity contribution in [3.05, 3.63) is 0 Å². The highest BCUT2D eigenvalue weighted by atomic mass is 31.2. The summed E-state index contributed by atoms with van der Waals surface area (Å²) in [6.07, 6.45) is 5.30. The molecule has 1 saturated heterocycles. The summed E-state index contributed by atoms with van der Waals surface area (Å²) in [5.74, 6) is 0. The van der Waals surface area contributed by atoms with E-state index in [0.29, 0.717) is 0 Å². The van der Waals surface area contributed by atoms with Gasteiger partial charge in [0.1, 0.15) is 0 Å². The van der Waals surface area contributed by atoms with Gasteiger partial charge < -0.3 is 0 Å². The molecule has 0 N–H and O–H groups in total. The molecular weight excluding hydrogens is 279 g/mol. The third-order valence-corrected chi connectivity index (χ3v) is 8.60. The smallest absolute Gasteiger partial charge is 0.167 e. The fourth-order valence-electron chi connectivity index (χ4n) is 3.22. The number of rotatable bonds is 3. The van der Waals surface area contributed by atoms with Crippen LogP contribution in [0.25, 0.3) is 0 Å². The molecule has 1 aliphatic heterocycles. The van der Waals surface area contributed by atoms with Gasteiger partial charge in [0.05, 0.1) is 5.54 Å². The molecular formula is C16H37N4P. The van der Waals surface area contributed by atoms with E-state index >= 15 is 0 Å². The first-order valence-electron chi connectivity index (χ1n) is 8.60. The Balaban J connectivity index is 3.41. The van der Waals surface area contributed by atoms with Gasteiger partial charge in [0, 0.05) is 26.2 Å². The molecule has 0 saturated carbocycles. The Morgan fingerprint density at radius 2 is 1.33 bits per heavy atom.